The summed E-state index contributed by atoms with van der Waals surface area (Å²) in [5, 5.41) is 3.73. The van der Waals surface area contributed by atoms with Crippen molar-refractivity contribution in [2.45, 2.75) is 64.8 Å². The first-order chi connectivity index (χ1) is 7.29. The van der Waals surface area contributed by atoms with Gasteiger partial charge in [0.25, 0.3) is 0 Å². The largest absolute Gasteiger partial charge is 0.313 e. The van der Waals surface area contributed by atoms with E-state index in [1.165, 1.54) is 38.5 Å². The zero-order valence-corrected chi connectivity index (χ0v) is 10.5. The van der Waals surface area contributed by atoms with E-state index in [4.69, 9.17) is 0 Å². The number of nitrogens with one attached hydrogen (secondary N) is 1. The van der Waals surface area contributed by atoms with Gasteiger partial charge in [-0.05, 0) is 44.1 Å². The topological polar surface area (TPSA) is 12.0 Å². The van der Waals surface area contributed by atoms with Crippen molar-refractivity contribution in [3.8, 4) is 0 Å². The van der Waals surface area contributed by atoms with Gasteiger partial charge in [-0.15, -0.1) is 6.58 Å². The summed E-state index contributed by atoms with van der Waals surface area (Å²) < 4.78 is 0. The highest BCUT2D eigenvalue weighted by Crippen LogP contribution is 2.44. The smallest absolute Gasteiger partial charge is 0.0158 e. The predicted molar refractivity (Wildman–Crippen MR) is 68.1 cm³/mol. The van der Waals surface area contributed by atoms with Crippen LogP contribution < -0.4 is 5.32 Å². The standard InChI is InChI=1S/C14H27N/c1-4-9-13(15-12-5-2)14(6-3)10-7-8-11-14/h4,13,15H,1,5-12H2,2-3H3. The van der Waals surface area contributed by atoms with Crippen LogP contribution in [-0.2, 0) is 0 Å². The van der Waals surface area contributed by atoms with E-state index >= 15 is 0 Å². The fraction of sp³-hybridized carbons (Fsp3) is 0.857. The molecule has 1 N–H and O–H groups in total. The summed E-state index contributed by atoms with van der Waals surface area (Å²) in [5.74, 6) is 0. The highest BCUT2D eigenvalue weighted by Gasteiger charge is 2.38. The Hall–Kier alpha value is -0.300. The molecule has 0 heterocycles. The van der Waals surface area contributed by atoms with E-state index in [1.807, 2.05) is 0 Å². The molecule has 15 heavy (non-hydrogen) atoms. The lowest BCUT2D eigenvalue weighted by Gasteiger charge is -2.37. The highest BCUT2D eigenvalue weighted by molar-refractivity contribution is 4.96. The zero-order valence-electron chi connectivity index (χ0n) is 10.5. The molecule has 88 valence electrons. The van der Waals surface area contributed by atoms with Crippen molar-refractivity contribution in [3.05, 3.63) is 12.7 Å². The van der Waals surface area contributed by atoms with Crippen LogP contribution >= 0.6 is 0 Å². The van der Waals surface area contributed by atoms with Gasteiger partial charge in [-0.25, -0.2) is 0 Å². The number of hydrogen-bond donors (Lipinski definition) is 1. The lowest BCUT2D eigenvalue weighted by atomic mass is 9.75. The Labute approximate surface area is 95.3 Å². The number of hydrogen-bond acceptors (Lipinski definition) is 1. The molecule has 1 fully saturated rings. The molecule has 0 bridgehead atoms. The Bertz CT molecular complexity index is 180. The van der Waals surface area contributed by atoms with Gasteiger partial charge in [-0.2, -0.15) is 0 Å². The van der Waals surface area contributed by atoms with Crippen LogP contribution in [0.3, 0.4) is 0 Å². The minimum absolute atomic E-state index is 0.573. The van der Waals surface area contributed by atoms with E-state index < -0.39 is 0 Å². The summed E-state index contributed by atoms with van der Waals surface area (Å²) in [4.78, 5) is 0. The van der Waals surface area contributed by atoms with Gasteiger partial charge in [0.1, 0.15) is 0 Å². The van der Waals surface area contributed by atoms with Gasteiger partial charge in [0.05, 0.1) is 0 Å². The minimum Gasteiger partial charge on any atom is -0.313 e. The SMILES string of the molecule is C=CCC(NCCC)C1(CC)CCCC1. The maximum atomic E-state index is 3.91. The van der Waals surface area contributed by atoms with Crippen molar-refractivity contribution >= 4 is 0 Å². The first-order valence-corrected chi connectivity index (χ1v) is 6.63. The van der Waals surface area contributed by atoms with Crippen molar-refractivity contribution in [3.63, 3.8) is 0 Å². The molecule has 0 aliphatic heterocycles. The van der Waals surface area contributed by atoms with Crippen molar-refractivity contribution in [1.29, 1.82) is 0 Å². The van der Waals surface area contributed by atoms with E-state index in [1.54, 1.807) is 0 Å². The van der Waals surface area contributed by atoms with E-state index in [2.05, 4.69) is 31.8 Å². The summed E-state index contributed by atoms with van der Waals surface area (Å²) in [6.07, 6.45) is 11.5. The van der Waals surface area contributed by atoms with Crippen LogP contribution in [0.2, 0.25) is 0 Å². The zero-order chi connectivity index (χ0) is 11.1. The molecular weight excluding hydrogens is 182 g/mol. The molecule has 0 radical (unpaired) electrons. The third kappa shape index (κ3) is 3.07. The summed E-state index contributed by atoms with van der Waals surface area (Å²) in [6, 6.07) is 0.669. The molecule has 1 heteroatoms. The van der Waals surface area contributed by atoms with Crippen LogP contribution in [0.4, 0.5) is 0 Å². The highest BCUT2D eigenvalue weighted by atomic mass is 14.9. The quantitative estimate of drug-likeness (QED) is 0.627. The fourth-order valence-electron chi connectivity index (χ4n) is 3.06. The molecule has 0 aromatic carbocycles. The summed E-state index contributed by atoms with van der Waals surface area (Å²) in [7, 11) is 0. The fourth-order valence-corrected chi connectivity index (χ4v) is 3.06. The molecule has 1 saturated carbocycles. The van der Waals surface area contributed by atoms with Gasteiger partial charge in [0.2, 0.25) is 0 Å². The normalized spacial score (nSPS) is 21.5. The van der Waals surface area contributed by atoms with Gasteiger partial charge in [-0.3, -0.25) is 0 Å². The molecule has 1 nitrogen and oxygen atoms in total. The molecular formula is C14H27N. The third-order valence-electron chi connectivity index (χ3n) is 4.09. The molecule has 1 unspecified atom stereocenters. The Balaban J connectivity index is 2.61. The molecule has 1 atom stereocenters. The van der Waals surface area contributed by atoms with Gasteiger partial charge in [0, 0.05) is 6.04 Å². The van der Waals surface area contributed by atoms with Crippen LogP contribution in [0, 0.1) is 5.41 Å². The monoisotopic (exact) mass is 209 g/mol. The van der Waals surface area contributed by atoms with Crippen LogP contribution in [-0.4, -0.2) is 12.6 Å². The first kappa shape index (κ1) is 12.8. The molecule has 1 aliphatic carbocycles. The van der Waals surface area contributed by atoms with E-state index in [9.17, 15) is 0 Å². The Morgan fingerprint density at radius 1 is 1.33 bits per heavy atom. The average molecular weight is 209 g/mol. The molecule has 1 rings (SSSR count). The second-order valence-electron chi connectivity index (χ2n) is 4.95. The van der Waals surface area contributed by atoms with Gasteiger partial charge in [0.15, 0.2) is 0 Å². The lowest BCUT2D eigenvalue weighted by Crippen LogP contribution is -2.43. The molecule has 0 aromatic heterocycles. The van der Waals surface area contributed by atoms with Gasteiger partial charge >= 0.3 is 0 Å². The van der Waals surface area contributed by atoms with Gasteiger partial charge in [-0.1, -0.05) is 32.8 Å². The van der Waals surface area contributed by atoms with Crippen LogP contribution in [0.25, 0.3) is 0 Å². The minimum atomic E-state index is 0.573. The second-order valence-corrected chi connectivity index (χ2v) is 4.95. The second kappa shape index (κ2) is 6.32. The third-order valence-corrected chi connectivity index (χ3v) is 4.09. The van der Waals surface area contributed by atoms with Crippen molar-refractivity contribution < 1.29 is 0 Å². The Morgan fingerprint density at radius 3 is 2.47 bits per heavy atom. The maximum absolute atomic E-state index is 3.91. The van der Waals surface area contributed by atoms with Crippen molar-refractivity contribution in [2.24, 2.45) is 5.41 Å². The average Bonchev–Trinajstić information content (AvgIpc) is 2.74. The molecule has 0 spiro atoms. The van der Waals surface area contributed by atoms with E-state index in [0.717, 1.165) is 13.0 Å². The molecule has 0 saturated heterocycles. The van der Waals surface area contributed by atoms with E-state index in [0.29, 0.717) is 11.5 Å². The Kier molecular flexibility index (Phi) is 5.38. The molecule has 0 aromatic rings. The van der Waals surface area contributed by atoms with Crippen LogP contribution in [0.5, 0.6) is 0 Å². The summed E-state index contributed by atoms with van der Waals surface area (Å²) in [6.45, 7) is 9.66. The van der Waals surface area contributed by atoms with Gasteiger partial charge < -0.3 is 5.32 Å². The summed E-state index contributed by atoms with van der Waals surface area (Å²) >= 11 is 0. The lowest BCUT2D eigenvalue weighted by molar-refractivity contribution is 0.187. The summed E-state index contributed by atoms with van der Waals surface area (Å²) in [5.41, 5.74) is 0.573. The Morgan fingerprint density at radius 2 is 2.00 bits per heavy atom. The number of rotatable bonds is 7. The maximum Gasteiger partial charge on any atom is 0.0158 e. The molecule has 0 amide bonds. The predicted octanol–water partition coefficient (Wildman–Crippen LogP) is 3.90. The van der Waals surface area contributed by atoms with Crippen LogP contribution in [0.1, 0.15) is 58.8 Å². The molecule has 1 aliphatic rings. The van der Waals surface area contributed by atoms with Crippen molar-refractivity contribution in [1.82, 2.24) is 5.32 Å². The van der Waals surface area contributed by atoms with E-state index in [-0.39, 0.29) is 0 Å². The first-order valence-electron chi connectivity index (χ1n) is 6.63. The van der Waals surface area contributed by atoms with Crippen molar-refractivity contribution in [2.75, 3.05) is 6.54 Å². The van der Waals surface area contributed by atoms with Crippen LogP contribution in [0.15, 0.2) is 12.7 Å².